The van der Waals surface area contributed by atoms with Crippen LogP contribution < -0.4 is 5.32 Å². The van der Waals surface area contributed by atoms with Gasteiger partial charge in [0.25, 0.3) is 0 Å². The summed E-state index contributed by atoms with van der Waals surface area (Å²) in [6.45, 7) is 27.3. The highest BCUT2D eigenvalue weighted by atomic mass is 16.8. The number of alkyl carbamates (subject to hydrolysis) is 1. The summed E-state index contributed by atoms with van der Waals surface area (Å²) >= 11 is 0. The molecule has 5 rings (SSSR count). The third kappa shape index (κ3) is 10.3. The van der Waals surface area contributed by atoms with Crippen LogP contribution in [0.3, 0.4) is 0 Å². The second-order valence-electron chi connectivity index (χ2n) is 20.2. The van der Waals surface area contributed by atoms with E-state index in [0.29, 0.717) is 57.8 Å². The van der Waals surface area contributed by atoms with E-state index in [1.54, 1.807) is 13.0 Å². The van der Waals surface area contributed by atoms with Crippen LogP contribution >= 0.6 is 0 Å². The molecule has 0 radical (unpaired) electrons. The van der Waals surface area contributed by atoms with Gasteiger partial charge in [0.15, 0.2) is 11.9 Å². The van der Waals surface area contributed by atoms with Gasteiger partial charge in [-0.1, -0.05) is 68.0 Å². The minimum Gasteiger partial charge on any atom is -0.461 e. The number of ketones is 1. The van der Waals surface area contributed by atoms with Gasteiger partial charge in [-0.3, -0.25) is 9.59 Å². The number of Topliss-reactive ketones (excluding diaryl/α,β-unsaturated/α-hetero) is 1. The number of carbonyl (C=O) groups is 3. The summed E-state index contributed by atoms with van der Waals surface area (Å²) < 4.78 is 46.0. The number of nitrogens with one attached hydrogen (secondary N) is 1. The highest BCUT2D eigenvalue weighted by Crippen LogP contribution is 2.54. The molecule has 0 unspecified atom stereocenters. The molecule has 4 fully saturated rings. The van der Waals surface area contributed by atoms with E-state index in [1.165, 1.54) is 0 Å². The molecule has 13 heteroatoms. The molecule has 0 aromatic carbocycles. The molecule has 0 saturated carbocycles. The van der Waals surface area contributed by atoms with Crippen molar-refractivity contribution in [3.63, 3.8) is 0 Å². The summed E-state index contributed by atoms with van der Waals surface area (Å²) in [7, 11) is 0. The molecule has 0 aromatic rings. The topological polar surface area (TPSA) is 168 Å². The number of esters is 1. The standard InChI is InChI=1S/C49H81NO12/c1-14-26-56-44(53)35(15-2)37-19-18-29(7)42(58-37)33(11)40(51)32(10)41(52)36(16-3)43-30(8)27-31(9)48(60-43)23-21-39(59-45(54)50-28(5)6)49(62-48)25-24-46(13,61-49)38-20-22-47(55,17-4)34(12)57-38/h14,21,23,28-40,42-43,51,55H,1,15-20,22,24-27H2,2-13H3,(H,50,54)/t29-,30-,31+,32-,33-,34-,35+,36-,37+,38+,39+,40+,42+,43-,46-,47+,48-,49-/m0/s1. The first-order valence-electron chi connectivity index (χ1n) is 23.9. The molecule has 5 heterocycles. The molecule has 354 valence electrons. The minimum atomic E-state index is -1.43. The predicted octanol–water partition coefficient (Wildman–Crippen LogP) is 7.97. The fourth-order valence-corrected chi connectivity index (χ4v) is 11.2. The van der Waals surface area contributed by atoms with Gasteiger partial charge in [0.1, 0.15) is 12.4 Å². The molecule has 4 saturated heterocycles. The van der Waals surface area contributed by atoms with Gasteiger partial charge >= 0.3 is 12.1 Å². The van der Waals surface area contributed by atoms with E-state index in [1.807, 2.05) is 67.5 Å². The lowest BCUT2D eigenvalue weighted by Crippen LogP contribution is -2.64. The fraction of sp³-hybridized carbons (Fsp3) is 0.857. The van der Waals surface area contributed by atoms with E-state index in [9.17, 15) is 24.6 Å². The number of hydrogen-bond donors (Lipinski definition) is 3. The van der Waals surface area contributed by atoms with E-state index >= 15 is 0 Å². The molecular formula is C49H81NO12. The lowest BCUT2D eigenvalue weighted by atomic mass is 9.72. The summed E-state index contributed by atoms with van der Waals surface area (Å²) in [5.41, 5.74) is -1.74. The van der Waals surface area contributed by atoms with Crippen molar-refractivity contribution in [1.29, 1.82) is 0 Å². The van der Waals surface area contributed by atoms with Crippen LogP contribution in [0.2, 0.25) is 0 Å². The lowest BCUT2D eigenvalue weighted by Gasteiger charge is -2.54. The van der Waals surface area contributed by atoms with Gasteiger partial charge in [-0.2, -0.15) is 0 Å². The van der Waals surface area contributed by atoms with Crippen LogP contribution in [0.15, 0.2) is 24.8 Å². The molecule has 5 aliphatic rings. The van der Waals surface area contributed by atoms with Crippen LogP contribution in [0.1, 0.15) is 147 Å². The molecule has 5 aliphatic heterocycles. The van der Waals surface area contributed by atoms with E-state index in [0.717, 1.165) is 6.42 Å². The van der Waals surface area contributed by atoms with Crippen LogP contribution in [-0.4, -0.2) is 106 Å². The summed E-state index contributed by atoms with van der Waals surface area (Å²) in [6, 6.07) is -0.152. The van der Waals surface area contributed by atoms with Gasteiger partial charge < -0.3 is 48.7 Å². The van der Waals surface area contributed by atoms with Crippen LogP contribution in [0.4, 0.5) is 4.79 Å². The monoisotopic (exact) mass is 876 g/mol. The number of amides is 1. The Morgan fingerprint density at radius 1 is 0.919 bits per heavy atom. The molecule has 0 aliphatic carbocycles. The number of carbonyl (C=O) groups excluding carboxylic acids is 3. The quantitative estimate of drug-likeness (QED) is 0.101. The molecular weight excluding hydrogens is 795 g/mol. The van der Waals surface area contributed by atoms with Gasteiger partial charge in [0.05, 0.1) is 53.7 Å². The van der Waals surface area contributed by atoms with E-state index < -0.39 is 77.0 Å². The Hall–Kier alpha value is -2.39. The molecule has 18 atom stereocenters. The maximum atomic E-state index is 14.7. The Balaban J connectivity index is 1.37. The average Bonchev–Trinajstić information content (AvgIpc) is 3.57. The van der Waals surface area contributed by atoms with Gasteiger partial charge in [0.2, 0.25) is 5.79 Å². The molecule has 13 nitrogen and oxygen atoms in total. The Labute approximate surface area is 371 Å². The summed E-state index contributed by atoms with van der Waals surface area (Å²) in [6.07, 6.45) is 6.63. The second kappa shape index (κ2) is 20.4. The van der Waals surface area contributed by atoms with Gasteiger partial charge in [-0.25, -0.2) is 4.79 Å². The van der Waals surface area contributed by atoms with Gasteiger partial charge in [-0.05, 0) is 109 Å². The van der Waals surface area contributed by atoms with Gasteiger partial charge in [0, 0.05) is 36.1 Å². The van der Waals surface area contributed by atoms with Gasteiger partial charge in [-0.15, -0.1) is 0 Å². The van der Waals surface area contributed by atoms with Crippen molar-refractivity contribution in [2.45, 2.75) is 219 Å². The first kappa shape index (κ1) is 50.6. The Kier molecular flexibility index (Phi) is 16.7. The highest BCUT2D eigenvalue weighted by Gasteiger charge is 2.64. The molecule has 0 bridgehead atoms. The fourth-order valence-electron chi connectivity index (χ4n) is 11.2. The molecule has 2 spiro atoms. The largest absolute Gasteiger partial charge is 0.461 e. The van der Waals surface area contributed by atoms with E-state index in [2.05, 4.69) is 32.7 Å². The van der Waals surface area contributed by atoms with Crippen LogP contribution in [0.25, 0.3) is 0 Å². The SMILES string of the molecule is C=CCOC(=O)[C@H](CC)[C@H]1CC[C@H](C)[C@H]([C@@H](C)[C@H](O)[C@H](C)C(=O)[C@H](CC)[C@H]2O[C@]3(C=C[C@@H](OC(=O)NC(C)C)[C@]4(CC[C@@](C)([C@H]5CC[C@](O)(CC)[C@H](C)O5)O4)O3)[C@H](C)C[C@@H]2C)O1. The normalized spacial score (nSPS) is 41.0. The molecule has 62 heavy (non-hydrogen) atoms. The number of hydrogen-bond acceptors (Lipinski definition) is 12. The highest BCUT2D eigenvalue weighted by molar-refractivity contribution is 5.84. The Bertz CT molecular complexity index is 1590. The zero-order valence-electron chi connectivity index (χ0n) is 39.9. The Morgan fingerprint density at radius 3 is 2.23 bits per heavy atom. The average molecular weight is 876 g/mol. The van der Waals surface area contributed by atoms with Crippen molar-refractivity contribution in [3.8, 4) is 0 Å². The molecule has 0 aromatic heterocycles. The number of rotatable bonds is 16. The predicted molar refractivity (Wildman–Crippen MR) is 235 cm³/mol. The third-order valence-corrected chi connectivity index (χ3v) is 15.4. The van der Waals surface area contributed by atoms with Crippen LogP contribution in [-0.2, 0) is 42.7 Å². The lowest BCUT2D eigenvalue weighted by molar-refractivity contribution is -0.408. The minimum absolute atomic E-state index is 0.0245. The van der Waals surface area contributed by atoms with Crippen LogP contribution in [0, 0.1) is 41.4 Å². The third-order valence-electron chi connectivity index (χ3n) is 15.4. The zero-order valence-corrected chi connectivity index (χ0v) is 39.9. The van der Waals surface area contributed by atoms with E-state index in [-0.39, 0.29) is 60.5 Å². The zero-order chi connectivity index (χ0) is 45.9. The van der Waals surface area contributed by atoms with Crippen molar-refractivity contribution in [3.05, 3.63) is 24.8 Å². The first-order valence-corrected chi connectivity index (χ1v) is 23.9. The van der Waals surface area contributed by atoms with Crippen molar-refractivity contribution < 1.29 is 57.8 Å². The van der Waals surface area contributed by atoms with Crippen molar-refractivity contribution >= 4 is 17.8 Å². The van der Waals surface area contributed by atoms with Crippen molar-refractivity contribution in [1.82, 2.24) is 5.32 Å². The summed E-state index contributed by atoms with van der Waals surface area (Å²) in [5.74, 6) is -5.33. The summed E-state index contributed by atoms with van der Waals surface area (Å²) in [5, 5.41) is 26.0. The van der Waals surface area contributed by atoms with Crippen molar-refractivity contribution in [2.75, 3.05) is 6.61 Å². The first-order chi connectivity index (χ1) is 29.1. The number of ether oxygens (including phenoxy) is 7. The second-order valence-corrected chi connectivity index (χ2v) is 20.2. The van der Waals surface area contributed by atoms with E-state index in [4.69, 9.17) is 33.2 Å². The smallest absolute Gasteiger partial charge is 0.408 e. The Morgan fingerprint density at radius 2 is 1.61 bits per heavy atom. The molecule has 3 N–H and O–H groups in total. The number of aliphatic hydroxyl groups is 2. The maximum absolute atomic E-state index is 14.7. The molecule has 1 amide bonds. The van der Waals surface area contributed by atoms with Crippen molar-refractivity contribution in [2.24, 2.45) is 41.4 Å². The maximum Gasteiger partial charge on any atom is 0.408 e. The summed E-state index contributed by atoms with van der Waals surface area (Å²) in [4.78, 5) is 40.8. The number of aliphatic hydroxyl groups excluding tert-OH is 1. The van der Waals surface area contributed by atoms with Crippen LogP contribution in [0.5, 0.6) is 0 Å².